The first-order valence-corrected chi connectivity index (χ1v) is 11.2. The molecule has 2 aromatic carbocycles. The summed E-state index contributed by atoms with van der Waals surface area (Å²) in [5.74, 6) is 0.513. The summed E-state index contributed by atoms with van der Waals surface area (Å²) in [5, 5.41) is 14.3. The lowest BCUT2D eigenvalue weighted by molar-refractivity contribution is -0.116. The minimum absolute atomic E-state index is 0.164. The molecule has 0 aliphatic carbocycles. The summed E-state index contributed by atoms with van der Waals surface area (Å²) in [7, 11) is 0. The van der Waals surface area contributed by atoms with Crippen LogP contribution in [0.5, 0.6) is 0 Å². The number of rotatable bonds is 3. The summed E-state index contributed by atoms with van der Waals surface area (Å²) in [6.45, 7) is 0. The minimum atomic E-state index is -0.350. The number of carbonyl (C=O) groups is 1. The zero-order chi connectivity index (χ0) is 19.8. The third-order valence-corrected chi connectivity index (χ3v) is 6.70. The zero-order valence-electron chi connectivity index (χ0n) is 15.1. The molecule has 0 fully saturated rings. The van der Waals surface area contributed by atoms with Gasteiger partial charge in [-0.2, -0.15) is 0 Å². The monoisotopic (exact) mass is 438 g/mol. The SMILES string of the molecule is O=C1NC(SCc2ccc(Cl)cc2)=NN2C1=c1ccccc1=N[C@@H]2c1cccs1. The van der Waals surface area contributed by atoms with Gasteiger partial charge in [0.05, 0.1) is 10.2 Å². The van der Waals surface area contributed by atoms with E-state index in [0.717, 1.165) is 21.0 Å². The molecule has 2 aliphatic heterocycles. The number of hydrogen-bond donors (Lipinski definition) is 1. The van der Waals surface area contributed by atoms with Crippen LogP contribution in [0.3, 0.4) is 0 Å². The van der Waals surface area contributed by atoms with E-state index in [0.29, 0.717) is 21.6 Å². The first kappa shape index (κ1) is 18.4. The normalized spacial score (nSPS) is 17.8. The van der Waals surface area contributed by atoms with Crippen LogP contribution in [0, 0.1) is 0 Å². The highest BCUT2D eigenvalue weighted by Crippen LogP contribution is 2.33. The number of thioether (sulfide) groups is 1. The average molecular weight is 439 g/mol. The van der Waals surface area contributed by atoms with E-state index >= 15 is 0 Å². The molecule has 0 bridgehead atoms. The number of nitrogens with zero attached hydrogens (tertiary/aromatic N) is 3. The Kier molecular flexibility index (Phi) is 4.87. The molecule has 1 N–H and O–H groups in total. The van der Waals surface area contributed by atoms with E-state index in [1.54, 1.807) is 16.3 Å². The lowest BCUT2D eigenvalue weighted by Crippen LogP contribution is -2.50. The van der Waals surface area contributed by atoms with E-state index in [1.807, 2.05) is 66.0 Å². The van der Waals surface area contributed by atoms with Gasteiger partial charge in [0, 0.05) is 16.0 Å². The van der Waals surface area contributed by atoms with Crippen LogP contribution >= 0.6 is 34.7 Å². The summed E-state index contributed by atoms with van der Waals surface area (Å²) in [6, 6.07) is 19.4. The molecule has 1 aromatic heterocycles. The van der Waals surface area contributed by atoms with Gasteiger partial charge >= 0.3 is 0 Å². The number of hydrazone groups is 1. The zero-order valence-corrected chi connectivity index (χ0v) is 17.5. The van der Waals surface area contributed by atoms with Gasteiger partial charge in [-0.15, -0.1) is 16.4 Å². The van der Waals surface area contributed by atoms with Gasteiger partial charge in [0.1, 0.15) is 5.70 Å². The Morgan fingerprint density at radius 2 is 1.93 bits per heavy atom. The molecule has 1 amide bonds. The fraction of sp³-hybridized carbons (Fsp3) is 0.0952. The molecule has 0 saturated carbocycles. The molecular weight excluding hydrogens is 424 g/mol. The van der Waals surface area contributed by atoms with Crippen LogP contribution in [0.15, 0.2) is 76.1 Å². The van der Waals surface area contributed by atoms with Gasteiger partial charge in [0.25, 0.3) is 5.91 Å². The van der Waals surface area contributed by atoms with Crippen LogP contribution in [0.4, 0.5) is 0 Å². The fourth-order valence-corrected chi connectivity index (χ4v) is 4.93. The van der Waals surface area contributed by atoms with Crippen molar-refractivity contribution in [2.75, 3.05) is 0 Å². The molecule has 5 nitrogen and oxygen atoms in total. The molecule has 5 rings (SSSR count). The standard InChI is InChI=1S/C21H15ClN4OS2/c22-14-9-7-13(8-10-14)12-29-21-24-20(27)18-15-4-1-2-5-16(15)23-19(26(18)25-21)17-6-3-11-28-17/h1-11,19H,12H2,(H,24,25,27)/t19-/m0/s1. The Balaban J connectivity index is 1.53. The van der Waals surface area contributed by atoms with Crippen LogP contribution in [0.25, 0.3) is 5.70 Å². The summed E-state index contributed by atoms with van der Waals surface area (Å²) in [4.78, 5) is 18.9. The van der Waals surface area contributed by atoms with E-state index in [9.17, 15) is 4.79 Å². The van der Waals surface area contributed by atoms with E-state index in [4.69, 9.17) is 21.7 Å². The van der Waals surface area contributed by atoms with Crippen molar-refractivity contribution in [1.82, 2.24) is 10.3 Å². The molecule has 8 heteroatoms. The Morgan fingerprint density at radius 3 is 2.72 bits per heavy atom. The van der Waals surface area contributed by atoms with Crippen molar-refractivity contribution in [2.24, 2.45) is 10.1 Å². The van der Waals surface area contributed by atoms with Gasteiger partial charge in [-0.25, -0.2) is 5.01 Å². The van der Waals surface area contributed by atoms with Crippen LogP contribution in [-0.4, -0.2) is 16.1 Å². The summed E-state index contributed by atoms with van der Waals surface area (Å²) >= 11 is 9.04. The van der Waals surface area contributed by atoms with Crippen molar-refractivity contribution in [2.45, 2.75) is 11.9 Å². The molecule has 144 valence electrons. The molecule has 0 spiro atoms. The van der Waals surface area contributed by atoms with Crippen LogP contribution in [-0.2, 0) is 10.5 Å². The molecule has 1 atom stereocenters. The Morgan fingerprint density at radius 1 is 1.10 bits per heavy atom. The largest absolute Gasteiger partial charge is 0.298 e. The Hall–Kier alpha value is -2.61. The second kappa shape index (κ2) is 7.67. The molecular formula is C21H15ClN4OS2. The number of fused-ring (bicyclic) bond motifs is 2. The van der Waals surface area contributed by atoms with Crippen molar-refractivity contribution in [3.05, 3.63) is 92.1 Å². The number of hydrogen-bond acceptors (Lipinski definition) is 6. The maximum Gasteiger partial charge on any atom is 0.276 e. The van der Waals surface area contributed by atoms with Crippen molar-refractivity contribution < 1.29 is 4.79 Å². The number of amides is 1. The highest BCUT2D eigenvalue weighted by atomic mass is 35.5. The average Bonchev–Trinajstić information content (AvgIpc) is 3.27. The molecule has 0 unspecified atom stereocenters. The quantitative estimate of drug-likeness (QED) is 0.681. The van der Waals surface area contributed by atoms with E-state index in [2.05, 4.69) is 5.32 Å². The molecule has 29 heavy (non-hydrogen) atoms. The molecule has 3 aromatic rings. The predicted molar refractivity (Wildman–Crippen MR) is 118 cm³/mol. The van der Waals surface area contributed by atoms with Crippen molar-refractivity contribution >= 4 is 51.5 Å². The first-order valence-electron chi connectivity index (χ1n) is 8.96. The number of nitrogens with one attached hydrogen (secondary N) is 1. The van der Waals surface area contributed by atoms with Crippen LogP contribution in [0.2, 0.25) is 5.02 Å². The van der Waals surface area contributed by atoms with Gasteiger partial charge in [-0.1, -0.05) is 59.8 Å². The van der Waals surface area contributed by atoms with Gasteiger partial charge in [-0.05, 0) is 35.2 Å². The third-order valence-electron chi connectivity index (χ3n) is 4.60. The number of carbonyl (C=O) groups excluding carboxylic acids is 1. The van der Waals surface area contributed by atoms with Crippen molar-refractivity contribution in [1.29, 1.82) is 0 Å². The Labute approximate surface area is 180 Å². The number of thiophene rings is 1. The van der Waals surface area contributed by atoms with Crippen molar-refractivity contribution in [3.63, 3.8) is 0 Å². The molecule has 3 heterocycles. The lowest BCUT2D eigenvalue weighted by Gasteiger charge is -2.33. The topological polar surface area (TPSA) is 57.1 Å². The van der Waals surface area contributed by atoms with Gasteiger partial charge < -0.3 is 0 Å². The summed E-state index contributed by atoms with van der Waals surface area (Å²) < 4.78 is 0. The second-order valence-electron chi connectivity index (χ2n) is 6.50. The first-order chi connectivity index (χ1) is 14.2. The second-order valence-corrected chi connectivity index (χ2v) is 8.88. The number of amidine groups is 1. The highest BCUT2D eigenvalue weighted by molar-refractivity contribution is 8.13. The number of benzene rings is 2. The lowest BCUT2D eigenvalue weighted by atomic mass is 10.1. The number of halogens is 1. The van der Waals surface area contributed by atoms with Crippen molar-refractivity contribution in [3.8, 4) is 0 Å². The van der Waals surface area contributed by atoms with Gasteiger partial charge in [0.15, 0.2) is 11.3 Å². The van der Waals surface area contributed by atoms with E-state index in [1.165, 1.54) is 11.8 Å². The van der Waals surface area contributed by atoms with Crippen LogP contribution in [0.1, 0.15) is 16.6 Å². The van der Waals surface area contributed by atoms with Gasteiger partial charge in [0.2, 0.25) is 0 Å². The number of para-hydroxylation sites is 1. The minimum Gasteiger partial charge on any atom is -0.298 e. The third kappa shape index (κ3) is 3.57. The van der Waals surface area contributed by atoms with E-state index < -0.39 is 0 Å². The molecule has 0 saturated heterocycles. The van der Waals surface area contributed by atoms with Gasteiger partial charge in [-0.3, -0.25) is 15.1 Å². The van der Waals surface area contributed by atoms with Crippen LogP contribution < -0.4 is 15.9 Å². The van der Waals surface area contributed by atoms with E-state index in [-0.39, 0.29) is 12.1 Å². The Bertz CT molecular complexity index is 1220. The fourth-order valence-electron chi connectivity index (χ4n) is 3.25. The smallest absolute Gasteiger partial charge is 0.276 e. The highest BCUT2D eigenvalue weighted by Gasteiger charge is 2.34. The predicted octanol–water partition coefficient (Wildman–Crippen LogP) is 3.48. The summed E-state index contributed by atoms with van der Waals surface area (Å²) in [6.07, 6.45) is -0.350. The molecule has 2 aliphatic rings. The summed E-state index contributed by atoms with van der Waals surface area (Å²) in [5.41, 5.74) is 1.64. The molecule has 0 radical (unpaired) electrons. The maximum absolute atomic E-state index is 13.0. The maximum atomic E-state index is 13.0.